The number of nitrogens with zero attached hydrogens (tertiary/aromatic N) is 4. The molecule has 0 bridgehead atoms. The molecule has 12 heteroatoms. The minimum absolute atomic E-state index is 0.242. The molecule has 0 radical (unpaired) electrons. The Balaban J connectivity index is 1.27. The molecule has 180 valence electrons. The lowest BCUT2D eigenvalue weighted by Gasteiger charge is -2.26. The standard InChI is InChI=1S/C22H28BrN9O2/c23-19-14-27-21(31-20(19)25-5-4-18-13-24-15-28-18)29-16-2-1-3-17(12-16)30-22(33)26-6-7-32-8-10-34-11-9-32/h1-3,12-15H,4-11H2,(H,24,28)(H2,26,30,33)(H2,25,27,29,31). The number of nitrogens with one attached hydrogen (secondary N) is 5. The van der Waals surface area contributed by atoms with Gasteiger partial charge in [-0.25, -0.2) is 14.8 Å². The van der Waals surface area contributed by atoms with Crippen molar-refractivity contribution in [2.24, 2.45) is 0 Å². The molecule has 1 aliphatic rings. The summed E-state index contributed by atoms with van der Waals surface area (Å²) in [4.78, 5) is 30.6. The van der Waals surface area contributed by atoms with Gasteiger partial charge in [-0.15, -0.1) is 0 Å². The number of hydrogen-bond donors (Lipinski definition) is 5. The van der Waals surface area contributed by atoms with Gasteiger partial charge in [-0.2, -0.15) is 4.98 Å². The molecule has 5 N–H and O–H groups in total. The Labute approximate surface area is 206 Å². The quantitative estimate of drug-likeness (QED) is 0.271. The average molecular weight is 530 g/mol. The maximum Gasteiger partial charge on any atom is 0.319 e. The van der Waals surface area contributed by atoms with E-state index in [2.05, 4.69) is 62.0 Å². The molecule has 3 heterocycles. The van der Waals surface area contributed by atoms with Crippen LogP contribution in [0.25, 0.3) is 0 Å². The third kappa shape index (κ3) is 7.40. The molecular formula is C22H28BrN9O2. The van der Waals surface area contributed by atoms with Gasteiger partial charge in [0.25, 0.3) is 0 Å². The molecule has 2 amide bonds. The number of hydrogen-bond acceptors (Lipinski definition) is 8. The smallest absolute Gasteiger partial charge is 0.319 e. The highest BCUT2D eigenvalue weighted by molar-refractivity contribution is 9.10. The summed E-state index contributed by atoms with van der Waals surface area (Å²) in [5.74, 6) is 1.12. The van der Waals surface area contributed by atoms with E-state index in [9.17, 15) is 4.79 Å². The van der Waals surface area contributed by atoms with Crippen molar-refractivity contribution in [2.45, 2.75) is 6.42 Å². The van der Waals surface area contributed by atoms with Gasteiger partial charge in [0.2, 0.25) is 5.95 Å². The third-order valence-corrected chi connectivity index (χ3v) is 5.75. The number of amides is 2. The molecular weight excluding hydrogens is 502 g/mol. The van der Waals surface area contributed by atoms with Gasteiger partial charge in [0.1, 0.15) is 5.82 Å². The zero-order valence-electron chi connectivity index (χ0n) is 18.7. The largest absolute Gasteiger partial charge is 0.379 e. The Morgan fingerprint density at radius 2 is 2.03 bits per heavy atom. The minimum atomic E-state index is -0.242. The van der Waals surface area contributed by atoms with Crippen molar-refractivity contribution in [1.82, 2.24) is 30.2 Å². The number of aromatic amines is 1. The first kappa shape index (κ1) is 23.9. The summed E-state index contributed by atoms with van der Waals surface area (Å²) in [6.45, 7) is 5.35. The average Bonchev–Trinajstić information content (AvgIpc) is 3.36. The Bertz CT molecular complexity index is 1060. The van der Waals surface area contributed by atoms with E-state index in [1.165, 1.54) is 0 Å². The summed E-state index contributed by atoms with van der Waals surface area (Å²) in [7, 11) is 0. The first-order chi connectivity index (χ1) is 16.7. The number of halogens is 1. The number of H-pyrrole nitrogens is 1. The fourth-order valence-corrected chi connectivity index (χ4v) is 3.75. The first-order valence-electron chi connectivity index (χ1n) is 11.1. The normalized spacial score (nSPS) is 13.9. The number of ether oxygens (including phenoxy) is 1. The van der Waals surface area contributed by atoms with E-state index in [1.54, 1.807) is 12.5 Å². The van der Waals surface area contributed by atoms with Crippen LogP contribution in [-0.2, 0) is 11.2 Å². The first-order valence-corrected chi connectivity index (χ1v) is 11.9. The predicted octanol–water partition coefficient (Wildman–Crippen LogP) is 2.81. The number of carbonyl (C=O) groups excluding carboxylic acids is 1. The van der Waals surface area contributed by atoms with Gasteiger partial charge in [0.15, 0.2) is 0 Å². The van der Waals surface area contributed by atoms with Crippen LogP contribution in [0.4, 0.5) is 27.9 Å². The fraction of sp³-hybridized carbons (Fsp3) is 0.364. The van der Waals surface area contributed by atoms with Crippen LogP contribution < -0.4 is 21.3 Å². The van der Waals surface area contributed by atoms with Gasteiger partial charge in [0.05, 0.1) is 29.7 Å². The lowest BCUT2D eigenvalue weighted by atomic mass is 10.3. The topological polar surface area (TPSA) is 132 Å². The van der Waals surface area contributed by atoms with Crippen LogP contribution in [0, 0.1) is 0 Å². The Hall–Kier alpha value is -3.22. The molecule has 0 aliphatic carbocycles. The molecule has 1 fully saturated rings. The molecule has 1 aliphatic heterocycles. The molecule has 1 aromatic carbocycles. The molecule has 0 saturated carbocycles. The van der Waals surface area contributed by atoms with E-state index in [4.69, 9.17) is 4.74 Å². The van der Waals surface area contributed by atoms with Crippen LogP contribution in [0.3, 0.4) is 0 Å². The summed E-state index contributed by atoms with van der Waals surface area (Å²) in [5, 5.41) is 12.2. The third-order valence-electron chi connectivity index (χ3n) is 5.17. The van der Waals surface area contributed by atoms with Crippen molar-refractivity contribution in [3.8, 4) is 0 Å². The highest BCUT2D eigenvalue weighted by Crippen LogP contribution is 2.23. The second-order valence-corrected chi connectivity index (χ2v) is 8.52. The van der Waals surface area contributed by atoms with E-state index in [-0.39, 0.29) is 6.03 Å². The molecule has 3 aromatic rings. The monoisotopic (exact) mass is 529 g/mol. The minimum Gasteiger partial charge on any atom is -0.379 e. The zero-order valence-corrected chi connectivity index (χ0v) is 20.3. The zero-order chi connectivity index (χ0) is 23.6. The lowest BCUT2D eigenvalue weighted by molar-refractivity contribution is 0.0388. The van der Waals surface area contributed by atoms with Crippen LogP contribution in [0.2, 0.25) is 0 Å². The van der Waals surface area contributed by atoms with E-state index in [0.29, 0.717) is 30.5 Å². The highest BCUT2D eigenvalue weighted by Gasteiger charge is 2.11. The lowest BCUT2D eigenvalue weighted by Crippen LogP contribution is -2.42. The number of aromatic nitrogens is 4. The van der Waals surface area contributed by atoms with E-state index in [1.807, 2.05) is 30.5 Å². The second-order valence-electron chi connectivity index (χ2n) is 7.67. The molecule has 34 heavy (non-hydrogen) atoms. The highest BCUT2D eigenvalue weighted by atomic mass is 79.9. The fourth-order valence-electron chi connectivity index (χ4n) is 3.42. The summed E-state index contributed by atoms with van der Waals surface area (Å²) in [5.41, 5.74) is 2.41. The van der Waals surface area contributed by atoms with Crippen molar-refractivity contribution in [1.29, 1.82) is 0 Å². The SMILES string of the molecule is O=C(NCCN1CCOCC1)Nc1cccc(Nc2ncc(Br)c(NCCc3c[nH]cn3)n2)c1. The summed E-state index contributed by atoms with van der Waals surface area (Å²) in [6, 6.07) is 7.16. The van der Waals surface area contributed by atoms with Crippen molar-refractivity contribution in [2.75, 3.05) is 61.9 Å². The number of rotatable bonds is 10. The van der Waals surface area contributed by atoms with Crippen LogP contribution in [0.1, 0.15) is 5.69 Å². The Kier molecular flexibility index (Phi) is 8.65. The van der Waals surface area contributed by atoms with Gasteiger partial charge in [0, 0.05) is 62.9 Å². The Morgan fingerprint density at radius 3 is 2.85 bits per heavy atom. The Morgan fingerprint density at radius 1 is 1.18 bits per heavy atom. The number of carbonyl (C=O) groups is 1. The summed E-state index contributed by atoms with van der Waals surface area (Å²) >= 11 is 3.48. The van der Waals surface area contributed by atoms with Crippen LogP contribution in [0.5, 0.6) is 0 Å². The van der Waals surface area contributed by atoms with E-state index in [0.717, 1.165) is 55.1 Å². The number of anilines is 4. The molecule has 0 atom stereocenters. The number of benzene rings is 1. The molecule has 4 rings (SSSR count). The van der Waals surface area contributed by atoms with E-state index >= 15 is 0 Å². The number of morpholine rings is 1. The molecule has 2 aromatic heterocycles. The van der Waals surface area contributed by atoms with Crippen molar-refractivity contribution < 1.29 is 9.53 Å². The van der Waals surface area contributed by atoms with E-state index < -0.39 is 0 Å². The summed E-state index contributed by atoms with van der Waals surface area (Å²) in [6.07, 6.45) is 5.99. The van der Waals surface area contributed by atoms with Crippen molar-refractivity contribution in [3.05, 3.63) is 53.2 Å². The maximum absolute atomic E-state index is 12.3. The van der Waals surface area contributed by atoms with Gasteiger partial charge >= 0.3 is 6.03 Å². The number of imidazole rings is 1. The maximum atomic E-state index is 12.3. The molecule has 0 spiro atoms. The van der Waals surface area contributed by atoms with Crippen molar-refractivity contribution in [3.63, 3.8) is 0 Å². The number of urea groups is 1. The predicted molar refractivity (Wildman–Crippen MR) is 135 cm³/mol. The van der Waals surface area contributed by atoms with Crippen LogP contribution >= 0.6 is 15.9 Å². The van der Waals surface area contributed by atoms with Gasteiger partial charge in [-0.05, 0) is 34.1 Å². The van der Waals surface area contributed by atoms with Crippen molar-refractivity contribution >= 4 is 45.1 Å². The molecule has 0 unspecified atom stereocenters. The van der Waals surface area contributed by atoms with Gasteiger partial charge in [-0.1, -0.05) is 6.07 Å². The van der Waals surface area contributed by atoms with Gasteiger partial charge < -0.3 is 31.0 Å². The van der Waals surface area contributed by atoms with Gasteiger partial charge in [-0.3, -0.25) is 4.90 Å². The second kappa shape index (κ2) is 12.3. The molecule has 1 saturated heterocycles. The van der Waals surface area contributed by atoms with Crippen LogP contribution in [-0.4, -0.2) is 76.8 Å². The van der Waals surface area contributed by atoms with Crippen LogP contribution in [0.15, 0.2) is 47.5 Å². The molecule has 11 nitrogen and oxygen atoms in total. The summed E-state index contributed by atoms with van der Waals surface area (Å²) < 4.78 is 6.11.